The number of aromatic nitrogens is 2. The van der Waals surface area contributed by atoms with Crippen LogP contribution in [0.3, 0.4) is 0 Å². The maximum atomic E-state index is 12.6. The summed E-state index contributed by atoms with van der Waals surface area (Å²) in [5.41, 5.74) is 2.65. The first-order chi connectivity index (χ1) is 10.2. The van der Waals surface area contributed by atoms with Crippen molar-refractivity contribution >= 4 is 5.91 Å². The van der Waals surface area contributed by atoms with Crippen molar-refractivity contribution < 1.29 is 4.79 Å². The third-order valence-electron chi connectivity index (χ3n) is 5.70. The van der Waals surface area contributed by atoms with Crippen LogP contribution in [0, 0.1) is 12.8 Å². The quantitative estimate of drug-likeness (QED) is 0.796. The Morgan fingerprint density at radius 1 is 1.33 bits per heavy atom. The molecule has 0 N–H and O–H groups in total. The van der Waals surface area contributed by atoms with E-state index in [1.54, 1.807) is 0 Å². The average Bonchev–Trinajstić information content (AvgIpc) is 2.75. The fourth-order valence-electron chi connectivity index (χ4n) is 4.26. The molecular formula is C17H23N3O. The van der Waals surface area contributed by atoms with Gasteiger partial charge in [0, 0.05) is 30.6 Å². The number of nitrogens with zero attached hydrogens (tertiary/aromatic N) is 3. The molecule has 2 fully saturated rings. The zero-order valence-electron chi connectivity index (χ0n) is 12.8. The first kappa shape index (κ1) is 13.2. The molecule has 4 rings (SSSR count). The van der Waals surface area contributed by atoms with Crippen molar-refractivity contribution in [2.45, 2.75) is 57.3 Å². The Kier molecular flexibility index (Phi) is 3.02. The molecule has 1 aromatic heterocycles. The summed E-state index contributed by atoms with van der Waals surface area (Å²) >= 11 is 0. The minimum Gasteiger partial charge on any atom is -0.342 e. The van der Waals surface area contributed by atoms with Crippen molar-refractivity contribution in [3.63, 3.8) is 0 Å². The van der Waals surface area contributed by atoms with Gasteiger partial charge in [-0.1, -0.05) is 6.42 Å². The Labute approximate surface area is 126 Å². The zero-order valence-corrected chi connectivity index (χ0v) is 12.8. The van der Waals surface area contributed by atoms with E-state index >= 15 is 0 Å². The number of carbonyl (C=O) groups excluding carboxylic acids is 1. The van der Waals surface area contributed by atoms with Gasteiger partial charge in [-0.2, -0.15) is 0 Å². The molecule has 1 saturated carbocycles. The molecule has 0 bridgehead atoms. The summed E-state index contributed by atoms with van der Waals surface area (Å²) in [4.78, 5) is 23.8. The lowest BCUT2D eigenvalue weighted by atomic mass is 9.76. The molecule has 1 unspecified atom stereocenters. The van der Waals surface area contributed by atoms with Gasteiger partial charge in [0.05, 0.1) is 5.69 Å². The summed E-state index contributed by atoms with van der Waals surface area (Å²) < 4.78 is 0. The normalized spacial score (nSPS) is 28.5. The topological polar surface area (TPSA) is 46.1 Å². The van der Waals surface area contributed by atoms with E-state index < -0.39 is 0 Å². The van der Waals surface area contributed by atoms with Gasteiger partial charge in [0.25, 0.3) is 0 Å². The smallest absolute Gasteiger partial charge is 0.225 e. The highest BCUT2D eigenvalue weighted by molar-refractivity contribution is 5.80. The molecule has 1 saturated heterocycles. The number of fused-ring (bicyclic) bond motifs is 2. The number of piperidine rings is 1. The monoisotopic (exact) mass is 285 g/mol. The van der Waals surface area contributed by atoms with Gasteiger partial charge >= 0.3 is 0 Å². The molecule has 1 aliphatic heterocycles. The van der Waals surface area contributed by atoms with Crippen LogP contribution < -0.4 is 0 Å². The number of hydrogen-bond acceptors (Lipinski definition) is 3. The number of amides is 1. The van der Waals surface area contributed by atoms with Crippen LogP contribution in [0.1, 0.15) is 55.6 Å². The Morgan fingerprint density at radius 2 is 2.19 bits per heavy atom. The lowest BCUT2D eigenvalue weighted by Gasteiger charge is -2.42. The molecule has 2 aliphatic carbocycles. The van der Waals surface area contributed by atoms with Gasteiger partial charge in [0.15, 0.2) is 0 Å². The number of likely N-dealkylation sites (tertiary alicyclic amines) is 1. The Bertz CT molecular complexity index is 577. The van der Waals surface area contributed by atoms with Crippen LogP contribution >= 0.6 is 0 Å². The van der Waals surface area contributed by atoms with Crippen molar-refractivity contribution in [1.29, 1.82) is 0 Å². The molecule has 0 aromatic carbocycles. The lowest BCUT2D eigenvalue weighted by Crippen LogP contribution is -2.50. The number of carbonyl (C=O) groups is 1. The summed E-state index contributed by atoms with van der Waals surface area (Å²) in [5, 5.41) is 0. The van der Waals surface area contributed by atoms with E-state index in [4.69, 9.17) is 4.98 Å². The summed E-state index contributed by atoms with van der Waals surface area (Å²) in [6.07, 6.45) is 9.91. The van der Waals surface area contributed by atoms with E-state index in [0.29, 0.717) is 11.8 Å². The van der Waals surface area contributed by atoms with Gasteiger partial charge in [-0.15, -0.1) is 0 Å². The van der Waals surface area contributed by atoms with Gasteiger partial charge in [-0.3, -0.25) is 4.79 Å². The number of rotatable bonds is 1. The molecule has 1 spiro atoms. The number of aryl methyl sites for hydroxylation is 2. The molecule has 1 amide bonds. The molecule has 2 heterocycles. The third kappa shape index (κ3) is 2.07. The van der Waals surface area contributed by atoms with Crippen LogP contribution in [0.15, 0.2) is 6.20 Å². The van der Waals surface area contributed by atoms with Crippen molar-refractivity contribution in [2.24, 2.45) is 5.92 Å². The van der Waals surface area contributed by atoms with Gasteiger partial charge in [-0.05, 0) is 51.0 Å². The van der Waals surface area contributed by atoms with Crippen molar-refractivity contribution in [2.75, 3.05) is 13.1 Å². The molecule has 3 aliphatic rings. The van der Waals surface area contributed by atoms with E-state index in [0.717, 1.165) is 51.0 Å². The van der Waals surface area contributed by atoms with Crippen LogP contribution in [0.2, 0.25) is 0 Å². The largest absolute Gasteiger partial charge is 0.342 e. The second kappa shape index (κ2) is 4.79. The molecular weight excluding hydrogens is 262 g/mol. The molecule has 112 valence electrons. The fourth-order valence-corrected chi connectivity index (χ4v) is 4.26. The van der Waals surface area contributed by atoms with Crippen molar-refractivity contribution in [3.8, 4) is 0 Å². The minimum atomic E-state index is 0.112. The highest BCUT2D eigenvalue weighted by Crippen LogP contribution is 2.44. The number of hydrogen-bond donors (Lipinski definition) is 0. The highest BCUT2D eigenvalue weighted by Gasteiger charge is 2.45. The van der Waals surface area contributed by atoms with Gasteiger partial charge < -0.3 is 4.90 Å². The predicted molar refractivity (Wildman–Crippen MR) is 79.9 cm³/mol. The lowest BCUT2D eigenvalue weighted by molar-refractivity contribution is -0.140. The zero-order chi connectivity index (χ0) is 14.4. The molecule has 4 heteroatoms. The summed E-state index contributed by atoms with van der Waals surface area (Å²) in [5.74, 6) is 1.57. The Hall–Kier alpha value is -1.45. The van der Waals surface area contributed by atoms with E-state index in [1.165, 1.54) is 24.1 Å². The maximum Gasteiger partial charge on any atom is 0.225 e. The van der Waals surface area contributed by atoms with Gasteiger partial charge in [-0.25, -0.2) is 9.97 Å². The molecule has 0 radical (unpaired) electrons. The summed E-state index contributed by atoms with van der Waals surface area (Å²) in [6, 6.07) is 0. The van der Waals surface area contributed by atoms with Crippen LogP contribution in [-0.4, -0.2) is 33.9 Å². The first-order valence-corrected chi connectivity index (χ1v) is 8.30. The second-order valence-corrected chi connectivity index (χ2v) is 7.06. The first-order valence-electron chi connectivity index (χ1n) is 8.30. The molecule has 4 nitrogen and oxygen atoms in total. The van der Waals surface area contributed by atoms with Crippen LogP contribution in [0.5, 0.6) is 0 Å². The summed E-state index contributed by atoms with van der Waals surface area (Å²) in [6.45, 7) is 3.79. The summed E-state index contributed by atoms with van der Waals surface area (Å²) in [7, 11) is 0. The second-order valence-electron chi connectivity index (χ2n) is 7.06. The van der Waals surface area contributed by atoms with E-state index in [-0.39, 0.29) is 5.41 Å². The standard InChI is InChI=1S/C17H23N3O/c1-12-18-10-14-6-8-17(15(14)19-12)7-3-9-20(11-17)16(21)13-4-2-5-13/h10,13H,2-9,11H2,1H3. The van der Waals surface area contributed by atoms with Crippen LogP contribution in [-0.2, 0) is 16.6 Å². The van der Waals surface area contributed by atoms with Crippen LogP contribution in [0.4, 0.5) is 0 Å². The molecule has 1 atom stereocenters. The van der Waals surface area contributed by atoms with E-state index in [2.05, 4.69) is 9.88 Å². The van der Waals surface area contributed by atoms with E-state index in [9.17, 15) is 4.79 Å². The van der Waals surface area contributed by atoms with Gasteiger partial charge in [0.1, 0.15) is 5.82 Å². The highest BCUT2D eigenvalue weighted by atomic mass is 16.2. The van der Waals surface area contributed by atoms with E-state index in [1.807, 2.05) is 13.1 Å². The minimum absolute atomic E-state index is 0.112. The van der Waals surface area contributed by atoms with Crippen molar-refractivity contribution in [1.82, 2.24) is 14.9 Å². The third-order valence-corrected chi connectivity index (χ3v) is 5.70. The van der Waals surface area contributed by atoms with Crippen LogP contribution in [0.25, 0.3) is 0 Å². The average molecular weight is 285 g/mol. The predicted octanol–water partition coefficient (Wildman–Crippen LogP) is 2.39. The molecule has 21 heavy (non-hydrogen) atoms. The Morgan fingerprint density at radius 3 is 2.95 bits per heavy atom. The van der Waals surface area contributed by atoms with Crippen molar-refractivity contribution in [3.05, 3.63) is 23.3 Å². The Balaban J connectivity index is 1.61. The SMILES string of the molecule is Cc1ncc2c(n1)C1(CCCN(C(=O)C3CCC3)C1)CC2. The molecule has 1 aromatic rings. The van der Waals surface area contributed by atoms with Gasteiger partial charge in [0.2, 0.25) is 5.91 Å². The maximum absolute atomic E-state index is 12.6. The fraction of sp³-hybridized carbons (Fsp3) is 0.706.